The Morgan fingerprint density at radius 1 is 0.914 bits per heavy atom. The number of halogens is 6. The fourth-order valence-corrected chi connectivity index (χ4v) is 4.72. The Labute approximate surface area is 230 Å². The molecule has 1 heterocycles. The van der Waals surface area contributed by atoms with Gasteiger partial charge in [-0.1, -0.05) is 89.4 Å². The molecule has 13 heteroatoms. The predicted octanol–water partition coefficient (Wildman–Crippen LogP) is 6.94. The Kier molecular flexibility index (Phi) is 9.18. The summed E-state index contributed by atoms with van der Waals surface area (Å²) in [6.07, 6.45) is 1.22. The van der Waals surface area contributed by atoms with Gasteiger partial charge in [0.25, 0.3) is 17.7 Å². The summed E-state index contributed by atoms with van der Waals surface area (Å²) in [7, 11) is 0. The maximum atomic E-state index is 13.1. The van der Waals surface area contributed by atoms with Crippen molar-refractivity contribution in [1.82, 2.24) is 4.90 Å². The molecule has 0 radical (unpaired) electrons. The van der Waals surface area contributed by atoms with Crippen molar-refractivity contribution in [2.24, 2.45) is 0 Å². The monoisotopic (exact) mass is 598 g/mol. The second kappa shape index (κ2) is 11.5. The molecule has 0 spiro atoms. The zero-order valence-electron chi connectivity index (χ0n) is 17.9. The molecule has 1 aliphatic heterocycles. The lowest BCUT2D eigenvalue weighted by Gasteiger charge is -2.24. The first kappa shape index (κ1) is 27.8. The summed E-state index contributed by atoms with van der Waals surface area (Å²) < 4.78 is 5.13. The van der Waals surface area contributed by atoms with E-state index in [1.54, 1.807) is 0 Å². The third kappa shape index (κ3) is 5.66. The van der Waals surface area contributed by atoms with Crippen molar-refractivity contribution >= 4 is 99.0 Å². The number of ether oxygens (including phenoxy) is 1. The number of nitrogens with one attached hydrogen (secondary N) is 1. The number of esters is 1. The minimum Gasteiger partial charge on any atom is -0.454 e. The predicted molar refractivity (Wildman–Crippen MR) is 136 cm³/mol. The van der Waals surface area contributed by atoms with Crippen LogP contribution in [0.3, 0.4) is 0 Å². The summed E-state index contributed by atoms with van der Waals surface area (Å²) in [6, 6.07) is 3.10. The second-order valence-electron chi connectivity index (χ2n) is 7.43. The smallest absolute Gasteiger partial charge is 0.329 e. The molecule has 0 aliphatic carbocycles. The van der Waals surface area contributed by atoms with Gasteiger partial charge in [0.05, 0.1) is 41.3 Å². The van der Waals surface area contributed by atoms with Crippen molar-refractivity contribution < 1.29 is 23.9 Å². The number of hydrogen-bond acceptors (Lipinski definition) is 5. The first-order valence-corrected chi connectivity index (χ1v) is 12.4. The van der Waals surface area contributed by atoms with E-state index >= 15 is 0 Å². The van der Waals surface area contributed by atoms with Crippen molar-refractivity contribution in [1.29, 1.82) is 0 Å². The van der Waals surface area contributed by atoms with Crippen LogP contribution >= 0.6 is 69.6 Å². The number of rotatable bonds is 8. The van der Waals surface area contributed by atoms with Gasteiger partial charge in [0.2, 0.25) is 0 Å². The zero-order valence-corrected chi connectivity index (χ0v) is 22.4. The number of hydrogen-bond donors (Lipinski definition) is 1. The summed E-state index contributed by atoms with van der Waals surface area (Å²) in [5.74, 6) is -3.36. The molecule has 1 N–H and O–H groups in total. The largest absolute Gasteiger partial charge is 0.454 e. The third-order valence-electron chi connectivity index (χ3n) is 5.10. The molecule has 186 valence electrons. The molecule has 1 atom stereocenters. The topological polar surface area (TPSA) is 92.8 Å². The number of imide groups is 1. The van der Waals surface area contributed by atoms with E-state index in [4.69, 9.17) is 74.3 Å². The maximum absolute atomic E-state index is 13.1. The van der Waals surface area contributed by atoms with Crippen LogP contribution in [0.15, 0.2) is 18.2 Å². The Morgan fingerprint density at radius 2 is 1.49 bits per heavy atom. The van der Waals surface area contributed by atoms with Gasteiger partial charge < -0.3 is 10.1 Å². The van der Waals surface area contributed by atoms with Crippen molar-refractivity contribution in [3.05, 3.63) is 59.5 Å². The average Bonchev–Trinajstić information content (AvgIpc) is 3.08. The molecule has 0 bridgehead atoms. The minimum atomic E-state index is -1.33. The summed E-state index contributed by atoms with van der Waals surface area (Å²) in [6.45, 7) is 1.19. The van der Waals surface area contributed by atoms with Gasteiger partial charge in [-0.2, -0.15) is 0 Å². The lowest BCUT2D eigenvalue weighted by molar-refractivity contribution is -0.151. The number of benzene rings is 2. The lowest BCUT2D eigenvalue weighted by atomic mass is 10.1. The number of unbranched alkanes of at least 4 members (excludes halogenated alkanes) is 1. The number of carbonyl (C=O) groups is 4. The normalized spacial score (nSPS) is 13.6. The molecule has 3 rings (SSSR count). The van der Waals surface area contributed by atoms with Gasteiger partial charge >= 0.3 is 5.97 Å². The molecule has 35 heavy (non-hydrogen) atoms. The van der Waals surface area contributed by atoms with E-state index in [1.807, 2.05) is 6.92 Å². The van der Waals surface area contributed by atoms with Gasteiger partial charge in [-0.3, -0.25) is 19.3 Å². The molecule has 1 aliphatic rings. The van der Waals surface area contributed by atoms with Crippen LogP contribution in [0.25, 0.3) is 0 Å². The van der Waals surface area contributed by atoms with Gasteiger partial charge in [-0.15, -0.1) is 0 Å². The van der Waals surface area contributed by atoms with E-state index in [9.17, 15) is 19.2 Å². The Balaban J connectivity index is 1.80. The van der Waals surface area contributed by atoms with Crippen LogP contribution in [0.2, 0.25) is 30.1 Å². The van der Waals surface area contributed by atoms with Gasteiger partial charge in [-0.05, 0) is 24.6 Å². The standard InChI is InChI=1S/C22H16Cl6N2O5/c1-2-3-4-12(22(34)35-8-13(31)29-9-5-6-10(23)11(24)7-9)30-20(32)14-15(21(30)33)17(26)19(28)18(27)16(14)25/h5-7,12H,2-4,8H2,1H3,(H,29,31)/t12-/m0/s1. The Bertz CT molecular complexity index is 1190. The van der Waals surface area contributed by atoms with Crippen molar-refractivity contribution in [3.63, 3.8) is 0 Å². The number of nitrogens with zero attached hydrogens (tertiary/aromatic N) is 1. The van der Waals surface area contributed by atoms with Crippen molar-refractivity contribution in [2.75, 3.05) is 11.9 Å². The Hall–Kier alpha value is -1.74. The number of fused-ring (bicyclic) bond motifs is 1. The molecule has 0 saturated carbocycles. The highest BCUT2D eigenvalue weighted by Gasteiger charge is 2.47. The second-order valence-corrected chi connectivity index (χ2v) is 9.76. The van der Waals surface area contributed by atoms with Gasteiger partial charge in [0.15, 0.2) is 6.61 Å². The molecule has 0 saturated heterocycles. The Morgan fingerprint density at radius 3 is 2.00 bits per heavy atom. The molecule has 2 aromatic carbocycles. The molecule has 3 amide bonds. The number of anilines is 1. The van der Waals surface area contributed by atoms with Gasteiger partial charge in [-0.25, -0.2) is 4.79 Å². The van der Waals surface area contributed by atoms with Gasteiger partial charge in [0.1, 0.15) is 6.04 Å². The van der Waals surface area contributed by atoms with Crippen LogP contribution in [0, 0.1) is 0 Å². The van der Waals surface area contributed by atoms with Crippen LogP contribution in [0.4, 0.5) is 5.69 Å². The fraction of sp³-hybridized carbons (Fsp3) is 0.273. The molecule has 0 aromatic heterocycles. The first-order valence-electron chi connectivity index (χ1n) is 10.1. The highest BCUT2D eigenvalue weighted by Crippen LogP contribution is 2.45. The van der Waals surface area contributed by atoms with Crippen LogP contribution in [0.1, 0.15) is 46.9 Å². The summed E-state index contributed by atoms with van der Waals surface area (Å²) in [5, 5.41) is 2.16. The van der Waals surface area contributed by atoms with E-state index in [0.717, 1.165) is 0 Å². The van der Waals surface area contributed by atoms with Crippen LogP contribution in [-0.2, 0) is 14.3 Å². The van der Waals surface area contributed by atoms with Crippen molar-refractivity contribution in [3.8, 4) is 0 Å². The van der Waals surface area contributed by atoms with Crippen LogP contribution < -0.4 is 5.32 Å². The summed E-state index contributed by atoms with van der Waals surface area (Å²) in [5.41, 5.74) is -0.160. The first-order chi connectivity index (χ1) is 16.5. The van der Waals surface area contributed by atoms with E-state index in [2.05, 4.69) is 5.32 Å². The van der Waals surface area contributed by atoms with Gasteiger partial charge in [0, 0.05) is 5.69 Å². The van der Waals surface area contributed by atoms with Crippen molar-refractivity contribution in [2.45, 2.75) is 32.2 Å². The quantitative estimate of drug-likeness (QED) is 0.153. The number of amides is 3. The number of carbonyl (C=O) groups excluding carboxylic acids is 4. The fourth-order valence-electron chi connectivity index (χ4n) is 3.40. The molecule has 2 aromatic rings. The van der Waals surface area contributed by atoms with Crippen LogP contribution in [-0.4, -0.2) is 41.2 Å². The van der Waals surface area contributed by atoms with E-state index in [0.29, 0.717) is 28.5 Å². The summed E-state index contributed by atoms with van der Waals surface area (Å²) in [4.78, 5) is 52.2. The molecule has 0 unspecified atom stereocenters. The van der Waals surface area contributed by atoms with Crippen LogP contribution in [0.5, 0.6) is 0 Å². The molecule has 7 nitrogen and oxygen atoms in total. The third-order valence-corrected chi connectivity index (χ3v) is 7.64. The molecule has 0 fully saturated rings. The van der Waals surface area contributed by atoms with E-state index < -0.39 is 36.3 Å². The maximum Gasteiger partial charge on any atom is 0.329 e. The van der Waals surface area contributed by atoms with E-state index in [1.165, 1.54) is 18.2 Å². The van der Waals surface area contributed by atoms with E-state index in [-0.39, 0.29) is 42.7 Å². The SMILES string of the molecule is CCCC[C@@H](C(=O)OCC(=O)Nc1ccc(Cl)c(Cl)c1)N1C(=O)c2c(Cl)c(Cl)c(Cl)c(Cl)c2C1=O. The highest BCUT2D eigenvalue weighted by molar-refractivity contribution is 6.55. The highest BCUT2D eigenvalue weighted by atomic mass is 35.5. The lowest BCUT2D eigenvalue weighted by Crippen LogP contribution is -2.46. The summed E-state index contributed by atoms with van der Waals surface area (Å²) >= 11 is 36.2. The molecular weight excluding hydrogens is 585 g/mol. The minimum absolute atomic E-state index is 0.0892. The molecular formula is C22H16Cl6N2O5. The zero-order chi connectivity index (χ0) is 26.0. The average molecular weight is 601 g/mol.